The van der Waals surface area contributed by atoms with Crippen LogP contribution in [-0.4, -0.2) is 8.42 Å². The summed E-state index contributed by atoms with van der Waals surface area (Å²) in [7, 11) is -3.84. The largest absolute Gasteiger partial charge is 0.472 e. The van der Waals surface area contributed by atoms with Crippen molar-refractivity contribution in [1.82, 2.24) is 0 Å². The standard InChI is InChI=1S/C16H8N2O4S/c17-7-14(8-18)13-5-15(11-1-3-21-9-11)23(19,20)16(6-13)12-2-4-22-10-12/h1-6,9-10H. The maximum Gasteiger partial charge on any atom is 0.208 e. The maximum absolute atomic E-state index is 12.8. The zero-order chi connectivity index (χ0) is 16.4. The summed E-state index contributed by atoms with van der Waals surface area (Å²) in [5, 5.41) is 18.1. The Kier molecular flexibility index (Phi) is 3.49. The van der Waals surface area contributed by atoms with Crippen molar-refractivity contribution in [3.8, 4) is 12.1 Å². The van der Waals surface area contributed by atoms with Crippen molar-refractivity contribution >= 4 is 19.6 Å². The molecule has 2 aromatic rings. The monoisotopic (exact) mass is 324 g/mol. The van der Waals surface area contributed by atoms with E-state index in [1.54, 1.807) is 12.1 Å². The lowest BCUT2D eigenvalue weighted by atomic mass is 10.1. The minimum atomic E-state index is -3.84. The molecule has 0 N–H and O–H groups in total. The van der Waals surface area contributed by atoms with Gasteiger partial charge >= 0.3 is 0 Å². The van der Waals surface area contributed by atoms with Gasteiger partial charge in [0.2, 0.25) is 9.84 Å². The molecule has 0 atom stereocenters. The minimum absolute atomic E-state index is 0.0389. The summed E-state index contributed by atoms with van der Waals surface area (Å²) < 4.78 is 35.6. The van der Waals surface area contributed by atoms with Gasteiger partial charge in [-0.15, -0.1) is 0 Å². The number of allylic oxidation sites excluding steroid dienone is 4. The summed E-state index contributed by atoms with van der Waals surface area (Å²) >= 11 is 0. The molecule has 3 rings (SSSR count). The zero-order valence-electron chi connectivity index (χ0n) is 11.6. The fourth-order valence-electron chi connectivity index (χ4n) is 2.18. The smallest absolute Gasteiger partial charge is 0.208 e. The molecule has 23 heavy (non-hydrogen) atoms. The summed E-state index contributed by atoms with van der Waals surface area (Å²) in [6.07, 6.45) is 7.87. The van der Waals surface area contributed by atoms with Gasteiger partial charge in [-0.25, -0.2) is 8.42 Å². The SMILES string of the molecule is N#CC(C#N)=C1C=C(c2ccoc2)S(=O)(=O)C(c2ccoc2)=C1. The molecule has 0 spiro atoms. The molecule has 3 heterocycles. The van der Waals surface area contributed by atoms with E-state index in [1.807, 2.05) is 0 Å². The average Bonchev–Trinajstić information content (AvgIpc) is 3.22. The topological polar surface area (TPSA) is 108 Å². The van der Waals surface area contributed by atoms with Crippen molar-refractivity contribution in [3.05, 3.63) is 71.6 Å². The summed E-state index contributed by atoms with van der Waals surface area (Å²) in [5.74, 6) is 0. The highest BCUT2D eigenvalue weighted by Gasteiger charge is 2.31. The van der Waals surface area contributed by atoms with E-state index in [0.717, 1.165) is 0 Å². The van der Waals surface area contributed by atoms with Crippen LogP contribution in [0, 0.1) is 22.7 Å². The Hall–Kier alpha value is -3.29. The van der Waals surface area contributed by atoms with E-state index in [1.165, 1.54) is 49.3 Å². The Labute approximate surface area is 131 Å². The third kappa shape index (κ3) is 2.39. The van der Waals surface area contributed by atoms with Crippen LogP contribution in [-0.2, 0) is 9.84 Å². The highest BCUT2D eigenvalue weighted by molar-refractivity contribution is 8.09. The first kappa shape index (κ1) is 14.6. The second-order valence-corrected chi connectivity index (χ2v) is 6.49. The number of hydrogen-bond acceptors (Lipinski definition) is 6. The van der Waals surface area contributed by atoms with Gasteiger partial charge in [0, 0.05) is 16.7 Å². The first-order valence-corrected chi connectivity index (χ1v) is 7.84. The Morgan fingerprint density at radius 2 is 1.39 bits per heavy atom. The van der Waals surface area contributed by atoms with Crippen LogP contribution in [0.3, 0.4) is 0 Å². The molecule has 0 saturated carbocycles. The highest BCUT2D eigenvalue weighted by atomic mass is 32.2. The van der Waals surface area contributed by atoms with Crippen molar-refractivity contribution in [2.75, 3.05) is 0 Å². The van der Waals surface area contributed by atoms with Crippen molar-refractivity contribution in [2.24, 2.45) is 0 Å². The van der Waals surface area contributed by atoms with E-state index in [9.17, 15) is 8.42 Å². The normalized spacial score (nSPS) is 16.0. The fourth-order valence-corrected chi connectivity index (χ4v) is 3.84. The van der Waals surface area contributed by atoms with Gasteiger partial charge in [-0.05, 0) is 24.3 Å². The van der Waals surface area contributed by atoms with E-state index < -0.39 is 9.84 Å². The predicted molar refractivity (Wildman–Crippen MR) is 80.5 cm³/mol. The lowest BCUT2D eigenvalue weighted by Gasteiger charge is -2.16. The molecule has 1 aliphatic rings. The van der Waals surface area contributed by atoms with E-state index in [4.69, 9.17) is 19.4 Å². The van der Waals surface area contributed by atoms with Crippen molar-refractivity contribution in [1.29, 1.82) is 10.5 Å². The second kappa shape index (κ2) is 5.48. The molecule has 112 valence electrons. The number of rotatable bonds is 2. The van der Waals surface area contributed by atoms with Crippen LogP contribution in [0.25, 0.3) is 9.81 Å². The summed E-state index contributed by atoms with van der Waals surface area (Å²) in [6.45, 7) is 0. The van der Waals surface area contributed by atoms with Gasteiger partial charge in [-0.3, -0.25) is 0 Å². The molecule has 0 aromatic carbocycles. The quantitative estimate of drug-likeness (QED) is 0.786. The first-order chi connectivity index (χ1) is 11.1. The molecule has 0 unspecified atom stereocenters. The average molecular weight is 324 g/mol. The Bertz CT molecular complexity index is 946. The van der Waals surface area contributed by atoms with Crippen LogP contribution in [0.5, 0.6) is 0 Å². The molecule has 0 aliphatic carbocycles. The molecular weight excluding hydrogens is 316 g/mol. The van der Waals surface area contributed by atoms with Gasteiger partial charge in [-0.2, -0.15) is 10.5 Å². The minimum Gasteiger partial charge on any atom is -0.472 e. The van der Waals surface area contributed by atoms with E-state index in [2.05, 4.69) is 0 Å². The third-order valence-electron chi connectivity index (χ3n) is 3.28. The maximum atomic E-state index is 12.8. The van der Waals surface area contributed by atoms with Crippen molar-refractivity contribution < 1.29 is 17.3 Å². The predicted octanol–water partition coefficient (Wildman–Crippen LogP) is 3.03. The van der Waals surface area contributed by atoms with E-state index in [-0.39, 0.29) is 21.0 Å². The van der Waals surface area contributed by atoms with Crippen LogP contribution in [0.2, 0.25) is 0 Å². The number of sulfone groups is 1. The number of furan rings is 2. The fraction of sp³-hybridized carbons (Fsp3) is 0. The number of hydrogen-bond donors (Lipinski definition) is 0. The van der Waals surface area contributed by atoms with Gasteiger partial charge in [0.15, 0.2) is 0 Å². The molecule has 1 aliphatic heterocycles. The molecule has 0 fully saturated rings. The van der Waals surface area contributed by atoms with E-state index >= 15 is 0 Å². The molecule has 0 bridgehead atoms. The Balaban J connectivity index is 2.32. The highest BCUT2D eigenvalue weighted by Crippen LogP contribution is 2.39. The van der Waals surface area contributed by atoms with Crippen LogP contribution in [0.15, 0.2) is 69.3 Å². The van der Waals surface area contributed by atoms with Gasteiger partial charge in [-0.1, -0.05) is 0 Å². The summed E-state index contributed by atoms with van der Waals surface area (Å²) in [5.41, 5.74) is 0.720. The van der Waals surface area contributed by atoms with Gasteiger partial charge in [0.25, 0.3) is 0 Å². The van der Waals surface area contributed by atoms with Crippen molar-refractivity contribution in [3.63, 3.8) is 0 Å². The van der Waals surface area contributed by atoms with E-state index in [0.29, 0.717) is 11.1 Å². The van der Waals surface area contributed by atoms with Crippen LogP contribution in [0.4, 0.5) is 0 Å². The first-order valence-electron chi connectivity index (χ1n) is 6.36. The molecule has 2 aromatic heterocycles. The molecule has 0 saturated heterocycles. The molecule has 0 radical (unpaired) electrons. The third-order valence-corrected chi connectivity index (χ3v) is 5.14. The lowest BCUT2D eigenvalue weighted by Crippen LogP contribution is -2.10. The summed E-state index contributed by atoms with van der Waals surface area (Å²) in [4.78, 5) is -0.0779. The molecular formula is C16H8N2O4S. The second-order valence-electron chi connectivity index (χ2n) is 4.60. The van der Waals surface area contributed by atoms with Crippen molar-refractivity contribution in [2.45, 2.75) is 0 Å². The van der Waals surface area contributed by atoms with Gasteiger partial charge in [0.05, 0.1) is 34.9 Å². The zero-order valence-corrected chi connectivity index (χ0v) is 12.4. The van der Waals surface area contributed by atoms with Crippen LogP contribution < -0.4 is 0 Å². The number of nitriles is 2. The molecule has 7 heteroatoms. The summed E-state index contributed by atoms with van der Waals surface area (Å²) in [6, 6.07) is 6.53. The van der Waals surface area contributed by atoms with Gasteiger partial charge < -0.3 is 8.83 Å². The van der Waals surface area contributed by atoms with Gasteiger partial charge in [0.1, 0.15) is 17.7 Å². The lowest BCUT2D eigenvalue weighted by molar-refractivity contribution is 0.566. The number of nitrogens with zero attached hydrogens (tertiary/aromatic N) is 2. The Morgan fingerprint density at radius 3 is 1.74 bits per heavy atom. The van der Waals surface area contributed by atoms with Crippen LogP contribution in [0.1, 0.15) is 11.1 Å². The Morgan fingerprint density at radius 1 is 0.913 bits per heavy atom. The molecule has 6 nitrogen and oxygen atoms in total. The molecule has 0 amide bonds. The van der Waals surface area contributed by atoms with Crippen LogP contribution >= 0.6 is 0 Å².